The quantitative estimate of drug-likeness (QED) is 0.798. The summed E-state index contributed by atoms with van der Waals surface area (Å²) in [7, 11) is 0. The number of likely N-dealkylation sites (tertiary alicyclic amines) is 1. The average Bonchev–Trinajstić information content (AvgIpc) is 2.28. The van der Waals surface area contributed by atoms with E-state index in [1.54, 1.807) is 0 Å². The van der Waals surface area contributed by atoms with E-state index in [1.165, 1.54) is 6.42 Å². The van der Waals surface area contributed by atoms with E-state index in [9.17, 15) is 4.79 Å². The smallest absolute Gasteiger partial charge is 0.236 e. The second kappa shape index (κ2) is 6.48. The van der Waals surface area contributed by atoms with Crippen LogP contribution in [0.1, 0.15) is 39.0 Å². The van der Waals surface area contributed by atoms with Crippen molar-refractivity contribution in [3.05, 3.63) is 0 Å². The lowest BCUT2D eigenvalue weighted by atomic mass is 9.99. The normalized spacial score (nSPS) is 23.9. The molecule has 2 atom stereocenters. The van der Waals surface area contributed by atoms with Crippen LogP contribution in [0.25, 0.3) is 0 Å². The zero-order chi connectivity index (χ0) is 11.3. The van der Waals surface area contributed by atoms with Gasteiger partial charge in [0.05, 0.1) is 4.83 Å². The number of carbonyl (C=O) groups excluding carboxylic acids is 1. The van der Waals surface area contributed by atoms with Crippen molar-refractivity contribution in [2.24, 2.45) is 0 Å². The Bertz CT molecular complexity index is 209. The summed E-state index contributed by atoms with van der Waals surface area (Å²) >= 11 is 3.40. The van der Waals surface area contributed by atoms with E-state index in [0.717, 1.165) is 32.2 Å². The molecule has 88 valence electrons. The highest BCUT2D eigenvalue weighted by Gasteiger charge is 2.28. The molecule has 1 saturated heterocycles. The Morgan fingerprint density at radius 2 is 2.33 bits per heavy atom. The Morgan fingerprint density at radius 3 is 2.93 bits per heavy atom. The van der Waals surface area contributed by atoms with E-state index in [1.807, 2.05) is 11.8 Å². The molecule has 0 saturated carbocycles. The highest BCUT2D eigenvalue weighted by Crippen LogP contribution is 2.22. The van der Waals surface area contributed by atoms with E-state index in [-0.39, 0.29) is 23.4 Å². The summed E-state index contributed by atoms with van der Waals surface area (Å²) in [4.78, 5) is 13.9. The molecule has 1 aliphatic rings. The maximum atomic E-state index is 12.0. The number of hydrogen-bond acceptors (Lipinski definition) is 2. The van der Waals surface area contributed by atoms with E-state index in [4.69, 9.17) is 5.11 Å². The van der Waals surface area contributed by atoms with Gasteiger partial charge in [-0.15, -0.1) is 0 Å². The Labute approximate surface area is 100.0 Å². The lowest BCUT2D eigenvalue weighted by Gasteiger charge is -2.36. The predicted molar refractivity (Wildman–Crippen MR) is 64.1 cm³/mol. The van der Waals surface area contributed by atoms with Gasteiger partial charge in [-0.05, 0) is 32.1 Å². The van der Waals surface area contributed by atoms with E-state index in [0.29, 0.717) is 0 Å². The Morgan fingerprint density at radius 1 is 1.60 bits per heavy atom. The largest absolute Gasteiger partial charge is 0.396 e. The van der Waals surface area contributed by atoms with Gasteiger partial charge in [0.1, 0.15) is 0 Å². The fraction of sp³-hybridized carbons (Fsp3) is 0.909. The van der Waals surface area contributed by atoms with E-state index in [2.05, 4.69) is 15.9 Å². The lowest BCUT2D eigenvalue weighted by molar-refractivity contribution is -0.134. The number of aliphatic hydroxyl groups excluding tert-OH is 1. The van der Waals surface area contributed by atoms with Gasteiger partial charge in [-0.1, -0.05) is 22.9 Å². The molecule has 0 spiro atoms. The number of alkyl halides is 1. The zero-order valence-electron chi connectivity index (χ0n) is 9.29. The topological polar surface area (TPSA) is 40.5 Å². The van der Waals surface area contributed by atoms with Crippen molar-refractivity contribution >= 4 is 21.8 Å². The summed E-state index contributed by atoms with van der Waals surface area (Å²) in [5, 5.41) is 8.96. The van der Waals surface area contributed by atoms with Gasteiger partial charge in [-0.2, -0.15) is 0 Å². The molecule has 0 aliphatic carbocycles. The fourth-order valence-corrected chi connectivity index (χ4v) is 2.36. The van der Waals surface area contributed by atoms with Gasteiger partial charge < -0.3 is 10.0 Å². The number of rotatable bonds is 4. The van der Waals surface area contributed by atoms with Gasteiger partial charge in [0, 0.05) is 19.2 Å². The second-order valence-corrected chi connectivity index (χ2v) is 5.17. The van der Waals surface area contributed by atoms with Crippen molar-refractivity contribution < 1.29 is 9.90 Å². The first kappa shape index (κ1) is 13.0. The van der Waals surface area contributed by atoms with Gasteiger partial charge in [0.2, 0.25) is 5.91 Å². The summed E-state index contributed by atoms with van der Waals surface area (Å²) in [6, 6.07) is 0.253. The number of nitrogens with zero attached hydrogens (tertiary/aromatic N) is 1. The number of piperidine rings is 1. The maximum Gasteiger partial charge on any atom is 0.236 e. The lowest BCUT2D eigenvalue weighted by Crippen LogP contribution is -2.47. The van der Waals surface area contributed by atoms with Crippen LogP contribution in [0, 0.1) is 0 Å². The number of aliphatic hydroxyl groups is 1. The van der Waals surface area contributed by atoms with Crippen LogP contribution in [-0.4, -0.2) is 39.9 Å². The highest BCUT2D eigenvalue weighted by atomic mass is 79.9. The molecule has 3 nitrogen and oxygen atoms in total. The van der Waals surface area contributed by atoms with Gasteiger partial charge in [-0.3, -0.25) is 4.79 Å². The fourth-order valence-electron chi connectivity index (χ4n) is 2.09. The van der Waals surface area contributed by atoms with Crippen LogP contribution in [0.3, 0.4) is 0 Å². The van der Waals surface area contributed by atoms with Crippen molar-refractivity contribution in [2.45, 2.75) is 49.9 Å². The monoisotopic (exact) mass is 277 g/mol. The molecule has 0 bridgehead atoms. The summed E-state index contributed by atoms with van der Waals surface area (Å²) < 4.78 is 0. The van der Waals surface area contributed by atoms with Crippen LogP contribution in [0.15, 0.2) is 0 Å². The van der Waals surface area contributed by atoms with Crippen LogP contribution in [0.4, 0.5) is 0 Å². The molecule has 1 rings (SSSR count). The summed E-state index contributed by atoms with van der Waals surface area (Å²) in [5.41, 5.74) is 0. The van der Waals surface area contributed by atoms with Gasteiger partial charge in [0.15, 0.2) is 0 Å². The molecule has 1 heterocycles. The molecule has 0 aromatic heterocycles. The first-order valence-electron chi connectivity index (χ1n) is 5.76. The second-order valence-electron chi connectivity index (χ2n) is 4.07. The molecule has 1 N–H and O–H groups in total. The molecule has 1 amide bonds. The van der Waals surface area contributed by atoms with Crippen molar-refractivity contribution in [2.75, 3.05) is 13.2 Å². The van der Waals surface area contributed by atoms with Crippen molar-refractivity contribution in [3.8, 4) is 0 Å². The van der Waals surface area contributed by atoms with Crippen molar-refractivity contribution in [1.82, 2.24) is 4.90 Å². The minimum absolute atomic E-state index is 0.0585. The third-order valence-corrected chi connectivity index (χ3v) is 4.04. The maximum absolute atomic E-state index is 12.0. The number of hydrogen-bond donors (Lipinski definition) is 1. The Hall–Kier alpha value is -0.0900. The van der Waals surface area contributed by atoms with E-state index >= 15 is 0 Å². The van der Waals surface area contributed by atoms with E-state index < -0.39 is 0 Å². The average molecular weight is 278 g/mol. The molecule has 15 heavy (non-hydrogen) atoms. The minimum Gasteiger partial charge on any atom is -0.396 e. The van der Waals surface area contributed by atoms with Gasteiger partial charge in [0.25, 0.3) is 0 Å². The summed E-state index contributed by atoms with van der Waals surface area (Å²) in [6.45, 7) is 3.03. The standard InChI is InChI=1S/C11H20BrNO2/c1-2-10(12)11(15)13-7-4-3-5-9(13)6-8-14/h9-10,14H,2-8H2,1H3. The van der Waals surface area contributed by atoms with Crippen LogP contribution in [-0.2, 0) is 4.79 Å². The molecule has 0 radical (unpaired) electrons. The number of halogens is 1. The molecule has 0 aromatic rings. The molecule has 2 unspecified atom stereocenters. The first-order chi connectivity index (χ1) is 7.20. The number of amides is 1. The SMILES string of the molecule is CCC(Br)C(=O)N1CCCCC1CCO. The first-order valence-corrected chi connectivity index (χ1v) is 6.67. The third-order valence-electron chi connectivity index (χ3n) is 3.00. The highest BCUT2D eigenvalue weighted by molar-refractivity contribution is 9.10. The number of carbonyl (C=O) groups is 1. The molecule has 1 aliphatic heterocycles. The van der Waals surface area contributed by atoms with Crippen LogP contribution in [0.2, 0.25) is 0 Å². The molecular weight excluding hydrogens is 258 g/mol. The van der Waals surface area contributed by atoms with Gasteiger partial charge in [-0.25, -0.2) is 0 Å². The third kappa shape index (κ3) is 3.45. The molecule has 4 heteroatoms. The molecular formula is C11H20BrNO2. The Kier molecular flexibility index (Phi) is 5.61. The van der Waals surface area contributed by atoms with Crippen molar-refractivity contribution in [1.29, 1.82) is 0 Å². The molecule has 0 aromatic carbocycles. The van der Waals surface area contributed by atoms with Crippen LogP contribution >= 0.6 is 15.9 Å². The molecule has 1 fully saturated rings. The van der Waals surface area contributed by atoms with Gasteiger partial charge >= 0.3 is 0 Å². The van der Waals surface area contributed by atoms with Crippen molar-refractivity contribution in [3.63, 3.8) is 0 Å². The predicted octanol–water partition coefficient (Wildman–Crippen LogP) is 1.92. The minimum atomic E-state index is -0.0585. The summed E-state index contributed by atoms with van der Waals surface area (Å²) in [6.07, 6.45) is 4.84. The van der Waals surface area contributed by atoms with Crippen LogP contribution in [0.5, 0.6) is 0 Å². The van der Waals surface area contributed by atoms with Crippen LogP contribution < -0.4 is 0 Å². The zero-order valence-corrected chi connectivity index (χ0v) is 10.9. The summed E-state index contributed by atoms with van der Waals surface area (Å²) in [5.74, 6) is 0.190. The Balaban J connectivity index is 2.58.